The summed E-state index contributed by atoms with van der Waals surface area (Å²) in [7, 11) is 1.64. The Balaban J connectivity index is 1.77. The lowest BCUT2D eigenvalue weighted by atomic mass is 10.0. The van der Waals surface area contributed by atoms with Crippen LogP contribution in [0.25, 0.3) is 27.7 Å². The number of esters is 1. The number of hydrogen-bond donors (Lipinski definition) is 0. The molecule has 5 nitrogen and oxygen atoms in total. The molecule has 0 aliphatic carbocycles. The normalized spacial score (nSPS) is 10.6. The fourth-order valence-corrected chi connectivity index (χ4v) is 3.49. The molecule has 0 saturated carbocycles. The Morgan fingerprint density at radius 2 is 1.80 bits per heavy atom. The molecule has 0 aliphatic rings. The SMILES string of the molecule is CCOC(=O)c1ccc(-n2cc(C#N)c3cc(-c4cccc(OC)c4)ccc32)cc1. The summed E-state index contributed by atoms with van der Waals surface area (Å²) in [5, 5.41) is 10.5. The van der Waals surface area contributed by atoms with Crippen LogP contribution in [-0.4, -0.2) is 24.3 Å². The third-order valence-corrected chi connectivity index (χ3v) is 4.98. The first kappa shape index (κ1) is 19.3. The number of carbonyl (C=O) groups is 1. The van der Waals surface area contributed by atoms with Crippen molar-refractivity contribution in [1.82, 2.24) is 4.57 Å². The number of benzene rings is 3. The lowest BCUT2D eigenvalue weighted by Gasteiger charge is -2.08. The van der Waals surface area contributed by atoms with Crippen molar-refractivity contribution in [2.24, 2.45) is 0 Å². The molecule has 0 bridgehead atoms. The van der Waals surface area contributed by atoms with Gasteiger partial charge in [0.2, 0.25) is 0 Å². The van der Waals surface area contributed by atoms with Crippen molar-refractivity contribution in [2.45, 2.75) is 6.92 Å². The van der Waals surface area contributed by atoms with Gasteiger partial charge in [-0.2, -0.15) is 5.26 Å². The molecule has 0 atom stereocenters. The zero-order chi connectivity index (χ0) is 21.1. The van der Waals surface area contributed by atoms with Gasteiger partial charge in [0, 0.05) is 17.3 Å². The van der Waals surface area contributed by atoms with E-state index in [4.69, 9.17) is 9.47 Å². The molecule has 0 unspecified atom stereocenters. The minimum atomic E-state index is -0.345. The molecule has 0 N–H and O–H groups in total. The molecule has 5 heteroatoms. The van der Waals surface area contributed by atoms with Crippen LogP contribution in [-0.2, 0) is 4.74 Å². The number of fused-ring (bicyclic) bond motifs is 1. The van der Waals surface area contributed by atoms with Crippen molar-refractivity contribution in [3.05, 3.63) is 84.1 Å². The molecular weight excluding hydrogens is 376 g/mol. The molecule has 3 aromatic carbocycles. The fourth-order valence-electron chi connectivity index (χ4n) is 3.49. The summed E-state index contributed by atoms with van der Waals surface area (Å²) in [4.78, 5) is 11.9. The summed E-state index contributed by atoms with van der Waals surface area (Å²) in [6.45, 7) is 2.12. The summed E-state index contributed by atoms with van der Waals surface area (Å²) in [6, 6.07) is 23.3. The molecule has 148 valence electrons. The van der Waals surface area contributed by atoms with Gasteiger partial charge in [-0.05, 0) is 66.6 Å². The molecule has 0 spiro atoms. The van der Waals surface area contributed by atoms with Gasteiger partial charge < -0.3 is 14.0 Å². The second-order valence-corrected chi connectivity index (χ2v) is 6.76. The molecule has 0 aliphatic heterocycles. The van der Waals surface area contributed by atoms with E-state index in [2.05, 4.69) is 6.07 Å². The predicted molar refractivity (Wildman–Crippen MR) is 116 cm³/mol. The third-order valence-electron chi connectivity index (χ3n) is 4.98. The minimum Gasteiger partial charge on any atom is -0.497 e. The smallest absolute Gasteiger partial charge is 0.338 e. The van der Waals surface area contributed by atoms with Gasteiger partial charge in [0.05, 0.1) is 30.4 Å². The van der Waals surface area contributed by atoms with E-state index in [9.17, 15) is 10.1 Å². The Kier molecular flexibility index (Phi) is 5.23. The first-order chi connectivity index (χ1) is 14.6. The monoisotopic (exact) mass is 396 g/mol. The van der Waals surface area contributed by atoms with E-state index in [1.165, 1.54) is 0 Å². The van der Waals surface area contributed by atoms with E-state index in [1.807, 2.05) is 65.4 Å². The van der Waals surface area contributed by atoms with E-state index >= 15 is 0 Å². The van der Waals surface area contributed by atoms with Crippen LogP contribution in [0.15, 0.2) is 72.9 Å². The van der Waals surface area contributed by atoms with Crippen molar-refractivity contribution < 1.29 is 14.3 Å². The van der Waals surface area contributed by atoms with Crippen LogP contribution in [0.4, 0.5) is 0 Å². The maximum atomic E-state index is 11.9. The summed E-state index contributed by atoms with van der Waals surface area (Å²) < 4.78 is 12.3. The summed E-state index contributed by atoms with van der Waals surface area (Å²) in [6.07, 6.45) is 1.82. The number of nitrogens with zero attached hydrogens (tertiary/aromatic N) is 2. The van der Waals surface area contributed by atoms with Gasteiger partial charge in [-0.25, -0.2) is 4.79 Å². The average Bonchev–Trinajstić information content (AvgIpc) is 3.17. The molecule has 0 radical (unpaired) electrons. The van der Waals surface area contributed by atoms with Crippen LogP contribution in [0.3, 0.4) is 0 Å². The van der Waals surface area contributed by atoms with Crippen molar-refractivity contribution in [3.8, 4) is 28.6 Å². The van der Waals surface area contributed by atoms with E-state index in [1.54, 1.807) is 26.2 Å². The van der Waals surface area contributed by atoms with Crippen LogP contribution in [0, 0.1) is 11.3 Å². The van der Waals surface area contributed by atoms with Crippen LogP contribution < -0.4 is 4.74 Å². The zero-order valence-electron chi connectivity index (χ0n) is 16.8. The number of hydrogen-bond acceptors (Lipinski definition) is 4. The Hall–Kier alpha value is -4.04. The van der Waals surface area contributed by atoms with Gasteiger partial charge in [0.1, 0.15) is 11.8 Å². The van der Waals surface area contributed by atoms with Crippen LogP contribution >= 0.6 is 0 Å². The maximum absolute atomic E-state index is 11.9. The number of aromatic nitrogens is 1. The summed E-state index contributed by atoms with van der Waals surface area (Å²) in [5.41, 5.74) is 4.90. The largest absolute Gasteiger partial charge is 0.497 e. The van der Waals surface area contributed by atoms with Gasteiger partial charge in [0.15, 0.2) is 0 Å². The second-order valence-electron chi connectivity index (χ2n) is 6.76. The molecule has 30 heavy (non-hydrogen) atoms. The van der Waals surface area contributed by atoms with Crippen LogP contribution in [0.2, 0.25) is 0 Å². The molecular formula is C25H20N2O3. The fraction of sp³-hybridized carbons (Fsp3) is 0.120. The lowest BCUT2D eigenvalue weighted by Crippen LogP contribution is -2.04. The highest BCUT2D eigenvalue weighted by Crippen LogP contribution is 2.31. The zero-order valence-corrected chi connectivity index (χ0v) is 16.8. The number of nitriles is 1. The Labute approximate surface area is 174 Å². The van der Waals surface area contributed by atoms with Crippen molar-refractivity contribution in [1.29, 1.82) is 5.26 Å². The van der Waals surface area contributed by atoms with Crippen molar-refractivity contribution >= 4 is 16.9 Å². The first-order valence-electron chi connectivity index (χ1n) is 9.61. The van der Waals surface area contributed by atoms with E-state index in [0.717, 1.165) is 33.5 Å². The van der Waals surface area contributed by atoms with Gasteiger partial charge >= 0.3 is 5.97 Å². The van der Waals surface area contributed by atoms with E-state index in [0.29, 0.717) is 17.7 Å². The first-order valence-corrected chi connectivity index (χ1v) is 9.61. The highest BCUT2D eigenvalue weighted by Gasteiger charge is 2.13. The Morgan fingerprint density at radius 1 is 1.03 bits per heavy atom. The third kappa shape index (κ3) is 3.51. The Bertz CT molecular complexity index is 1260. The molecule has 1 heterocycles. The number of rotatable bonds is 5. The highest BCUT2D eigenvalue weighted by molar-refractivity contribution is 5.92. The number of carbonyl (C=O) groups excluding carboxylic acids is 1. The van der Waals surface area contributed by atoms with Gasteiger partial charge in [-0.1, -0.05) is 18.2 Å². The summed E-state index contributed by atoms with van der Waals surface area (Å²) >= 11 is 0. The Morgan fingerprint density at radius 3 is 2.50 bits per heavy atom. The summed E-state index contributed by atoms with van der Waals surface area (Å²) in [5.74, 6) is 0.439. The number of ether oxygens (including phenoxy) is 2. The van der Waals surface area contributed by atoms with Crippen molar-refractivity contribution in [2.75, 3.05) is 13.7 Å². The molecule has 4 rings (SSSR count). The highest BCUT2D eigenvalue weighted by atomic mass is 16.5. The lowest BCUT2D eigenvalue weighted by molar-refractivity contribution is 0.0526. The topological polar surface area (TPSA) is 64.2 Å². The van der Waals surface area contributed by atoms with Gasteiger partial charge in [0.25, 0.3) is 0 Å². The molecule has 4 aromatic rings. The average molecular weight is 396 g/mol. The maximum Gasteiger partial charge on any atom is 0.338 e. The van der Waals surface area contributed by atoms with Gasteiger partial charge in [-0.15, -0.1) is 0 Å². The standard InChI is InChI=1S/C25H20N2O3/c1-3-30-25(28)17-7-10-21(11-8-17)27-16-20(15-26)23-14-19(9-12-24(23)27)18-5-4-6-22(13-18)29-2/h4-14,16H,3H2,1-2H3. The second kappa shape index (κ2) is 8.14. The van der Waals surface area contributed by atoms with Crippen molar-refractivity contribution in [3.63, 3.8) is 0 Å². The molecule has 0 fully saturated rings. The van der Waals surface area contributed by atoms with Crippen LogP contribution in [0.5, 0.6) is 5.75 Å². The molecule has 0 saturated heterocycles. The minimum absolute atomic E-state index is 0.337. The predicted octanol–water partition coefficient (Wildman–Crippen LogP) is 5.35. The van der Waals surface area contributed by atoms with Gasteiger partial charge in [-0.3, -0.25) is 0 Å². The quantitative estimate of drug-likeness (QED) is 0.426. The van der Waals surface area contributed by atoms with E-state index in [-0.39, 0.29) is 5.97 Å². The molecule has 1 aromatic heterocycles. The number of methoxy groups -OCH3 is 1. The van der Waals surface area contributed by atoms with E-state index < -0.39 is 0 Å². The molecule has 0 amide bonds. The van der Waals surface area contributed by atoms with Crippen LogP contribution in [0.1, 0.15) is 22.8 Å².